The van der Waals surface area contributed by atoms with E-state index in [0.717, 1.165) is 0 Å². The quantitative estimate of drug-likeness (QED) is 0.248. The maximum atomic E-state index is 12.4. The average Bonchev–Trinajstić information content (AvgIpc) is 2.72. The van der Waals surface area contributed by atoms with E-state index in [4.69, 9.17) is 9.47 Å². The molecule has 6 heteroatoms. The minimum absolute atomic E-state index is 0.0000228. The van der Waals surface area contributed by atoms with Crippen LogP contribution in [0.5, 0.6) is 5.75 Å². The van der Waals surface area contributed by atoms with Crippen molar-refractivity contribution >= 4 is 17.5 Å². The van der Waals surface area contributed by atoms with Crippen molar-refractivity contribution < 1.29 is 29.0 Å². The van der Waals surface area contributed by atoms with Crippen molar-refractivity contribution in [3.63, 3.8) is 0 Å². The van der Waals surface area contributed by atoms with Crippen LogP contribution in [0.1, 0.15) is 50.9 Å². The topological polar surface area (TPSA) is 89.9 Å². The fourth-order valence-corrected chi connectivity index (χ4v) is 2.37. The number of hydrogen-bond acceptors (Lipinski definition) is 6. The fourth-order valence-electron chi connectivity index (χ4n) is 2.37. The highest BCUT2D eigenvalue weighted by Gasteiger charge is 2.14. The summed E-state index contributed by atoms with van der Waals surface area (Å²) in [6.07, 6.45) is 4.46. The maximum Gasteiger partial charge on any atom is 0.306 e. The molecular weight excluding hydrogens is 372 g/mol. The number of Topliss-reactive ketones (excluding diaryl/α,β-unsaturated/α-hetero) is 2. The van der Waals surface area contributed by atoms with Gasteiger partial charge in [-0.2, -0.15) is 0 Å². The molecule has 1 aromatic rings. The molecule has 0 heterocycles. The zero-order valence-electron chi connectivity index (χ0n) is 17.5. The summed E-state index contributed by atoms with van der Waals surface area (Å²) in [5, 5.41) is 9.89. The second-order valence-corrected chi connectivity index (χ2v) is 6.87. The Balaban J connectivity index is 2.42. The van der Waals surface area contributed by atoms with Gasteiger partial charge in [0.1, 0.15) is 30.9 Å². The van der Waals surface area contributed by atoms with Crippen LogP contribution >= 0.6 is 0 Å². The molecule has 0 aromatic heterocycles. The van der Waals surface area contributed by atoms with Crippen LogP contribution in [0.25, 0.3) is 0 Å². The van der Waals surface area contributed by atoms with Gasteiger partial charge in [-0.25, -0.2) is 0 Å². The summed E-state index contributed by atoms with van der Waals surface area (Å²) in [5.74, 6) is -0.236. The summed E-state index contributed by atoms with van der Waals surface area (Å²) in [5.41, 5.74) is 1.14. The highest BCUT2D eigenvalue weighted by Crippen LogP contribution is 2.16. The third-order valence-corrected chi connectivity index (χ3v) is 4.13. The summed E-state index contributed by atoms with van der Waals surface area (Å²) in [6.45, 7) is 6.93. The van der Waals surface area contributed by atoms with Gasteiger partial charge < -0.3 is 14.6 Å². The molecule has 0 saturated carbocycles. The summed E-state index contributed by atoms with van der Waals surface area (Å²) >= 11 is 0. The van der Waals surface area contributed by atoms with Crippen molar-refractivity contribution in [2.75, 3.05) is 13.2 Å². The van der Waals surface area contributed by atoms with Crippen LogP contribution in [0.2, 0.25) is 0 Å². The molecule has 1 atom stereocenters. The predicted octanol–water partition coefficient (Wildman–Crippen LogP) is 3.68. The number of ether oxygens (including phenoxy) is 2. The number of ketones is 2. The number of hydrogen-bond donors (Lipinski definition) is 1. The number of benzene rings is 1. The van der Waals surface area contributed by atoms with Crippen molar-refractivity contribution in [3.8, 4) is 5.75 Å². The standard InChI is InChI=1S/C23H30O6/c1-5-7-17(6-2)23(27)18-8-10-20(11-9-18)28-14-19(24)15-29-22(26)13-12-21(25)16(3)4/h5-11,16,19,24H,12-15H2,1-4H3/b7-5-,17-6+. The minimum Gasteiger partial charge on any atom is -0.491 e. The van der Waals surface area contributed by atoms with E-state index in [-0.39, 0.29) is 43.5 Å². The molecule has 158 valence electrons. The zero-order valence-corrected chi connectivity index (χ0v) is 17.5. The summed E-state index contributed by atoms with van der Waals surface area (Å²) < 4.78 is 10.4. The largest absolute Gasteiger partial charge is 0.491 e. The Labute approximate surface area is 172 Å². The van der Waals surface area contributed by atoms with Gasteiger partial charge in [0.2, 0.25) is 0 Å². The van der Waals surface area contributed by atoms with Crippen molar-refractivity contribution in [3.05, 3.63) is 53.6 Å². The SMILES string of the molecule is C/C=C\C(=C/C)C(=O)c1ccc(OCC(O)COC(=O)CCC(=O)C(C)C)cc1. The monoisotopic (exact) mass is 402 g/mol. The van der Waals surface area contributed by atoms with Gasteiger partial charge in [0, 0.05) is 23.5 Å². The zero-order chi connectivity index (χ0) is 21.8. The van der Waals surface area contributed by atoms with E-state index in [1.807, 2.05) is 6.92 Å². The lowest BCUT2D eigenvalue weighted by Gasteiger charge is -2.13. The first-order valence-electron chi connectivity index (χ1n) is 9.71. The number of allylic oxidation sites excluding steroid dienone is 4. The van der Waals surface area contributed by atoms with Gasteiger partial charge in [0.15, 0.2) is 5.78 Å². The molecule has 0 spiro atoms. The van der Waals surface area contributed by atoms with Gasteiger partial charge in [0.05, 0.1) is 6.42 Å². The molecule has 1 aromatic carbocycles. The lowest BCUT2D eigenvalue weighted by Crippen LogP contribution is -2.25. The van der Waals surface area contributed by atoms with Crippen LogP contribution in [-0.4, -0.2) is 42.0 Å². The third kappa shape index (κ3) is 8.87. The summed E-state index contributed by atoms with van der Waals surface area (Å²) in [7, 11) is 0. The summed E-state index contributed by atoms with van der Waals surface area (Å²) in [6, 6.07) is 6.60. The number of carbonyl (C=O) groups is 3. The number of esters is 1. The van der Waals surface area contributed by atoms with E-state index in [1.165, 1.54) is 0 Å². The van der Waals surface area contributed by atoms with Crippen LogP contribution < -0.4 is 4.74 Å². The molecule has 0 fully saturated rings. The van der Waals surface area contributed by atoms with Crippen molar-refractivity contribution in [1.82, 2.24) is 0 Å². The first-order chi connectivity index (χ1) is 13.8. The number of aliphatic hydroxyl groups is 1. The molecule has 0 radical (unpaired) electrons. The maximum absolute atomic E-state index is 12.4. The first-order valence-corrected chi connectivity index (χ1v) is 9.71. The van der Waals surface area contributed by atoms with E-state index in [2.05, 4.69) is 0 Å². The lowest BCUT2D eigenvalue weighted by atomic mass is 10.0. The van der Waals surface area contributed by atoms with Crippen molar-refractivity contribution in [1.29, 1.82) is 0 Å². The second-order valence-electron chi connectivity index (χ2n) is 6.87. The predicted molar refractivity (Wildman–Crippen MR) is 111 cm³/mol. The molecule has 0 bridgehead atoms. The van der Waals surface area contributed by atoms with Crippen LogP contribution in [0.4, 0.5) is 0 Å². The number of carbonyl (C=O) groups excluding carboxylic acids is 3. The molecule has 0 amide bonds. The summed E-state index contributed by atoms with van der Waals surface area (Å²) in [4.78, 5) is 35.5. The molecule has 0 aliphatic heterocycles. The average molecular weight is 402 g/mol. The van der Waals surface area contributed by atoms with Crippen molar-refractivity contribution in [2.24, 2.45) is 5.92 Å². The van der Waals surface area contributed by atoms with Gasteiger partial charge in [-0.1, -0.05) is 32.1 Å². The molecule has 29 heavy (non-hydrogen) atoms. The molecule has 0 aliphatic rings. The lowest BCUT2D eigenvalue weighted by molar-refractivity contribution is -0.148. The highest BCUT2D eigenvalue weighted by molar-refractivity contribution is 6.10. The Morgan fingerprint density at radius 3 is 2.24 bits per heavy atom. The van der Waals surface area contributed by atoms with E-state index in [0.29, 0.717) is 16.9 Å². The smallest absolute Gasteiger partial charge is 0.306 e. The van der Waals surface area contributed by atoms with E-state index < -0.39 is 12.1 Å². The van der Waals surface area contributed by atoms with Crippen LogP contribution in [-0.2, 0) is 14.3 Å². The van der Waals surface area contributed by atoms with Crippen LogP contribution in [0.15, 0.2) is 48.1 Å². The van der Waals surface area contributed by atoms with Gasteiger partial charge in [-0.15, -0.1) is 0 Å². The Morgan fingerprint density at radius 2 is 1.69 bits per heavy atom. The van der Waals surface area contributed by atoms with Crippen LogP contribution in [0, 0.1) is 5.92 Å². The first kappa shape index (κ1) is 24.3. The Bertz CT molecular complexity index is 743. The normalized spacial score (nSPS) is 12.8. The second kappa shape index (κ2) is 12.7. The molecule has 1 N–H and O–H groups in total. The molecule has 0 saturated heterocycles. The number of aliphatic hydroxyl groups excluding tert-OH is 1. The minimum atomic E-state index is -0.995. The highest BCUT2D eigenvalue weighted by atomic mass is 16.5. The van der Waals surface area contributed by atoms with E-state index in [1.54, 1.807) is 63.3 Å². The van der Waals surface area contributed by atoms with Gasteiger partial charge >= 0.3 is 5.97 Å². The fraction of sp³-hybridized carbons (Fsp3) is 0.435. The Hall–Kier alpha value is -2.73. The Morgan fingerprint density at radius 1 is 1.03 bits per heavy atom. The van der Waals surface area contributed by atoms with Gasteiger partial charge in [0.25, 0.3) is 0 Å². The van der Waals surface area contributed by atoms with Crippen LogP contribution in [0.3, 0.4) is 0 Å². The molecule has 0 aliphatic carbocycles. The Kier molecular flexibility index (Phi) is 10.6. The van der Waals surface area contributed by atoms with Gasteiger partial charge in [-0.05, 0) is 38.1 Å². The third-order valence-electron chi connectivity index (χ3n) is 4.13. The molecule has 1 rings (SSSR count). The van der Waals surface area contributed by atoms with Crippen molar-refractivity contribution in [2.45, 2.75) is 46.6 Å². The van der Waals surface area contributed by atoms with E-state index >= 15 is 0 Å². The number of rotatable bonds is 12. The van der Waals surface area contributed by atoms with Gasteiger partial charge in [-0.3, -0.25) is 14.4 Å². The molecular formula is C23H30O6. The molecule has 6 nitrogen and oxygen atoms in total. The molecule has 1 unspecified atom stereocenters. The van der Waals surface area contributed by atoms with E-state index in [9.17, 15) is 19.5 Å².